The third-order valence-corrected chi connectivity index (χ3v) is 7.22. The molecule has 6 heteroatoms. The van der Waals surface area contributed by atoms with Gasteiger partial charge in [-0.1, -0.05) is 18.6 Å². The number of benzene rings is 2. The maximum absolute atomic E-state index is 13.0. The highest BCUT2D eigenvalue weighted by atomic mass is 32.1. The third kappa shape index (κ3) is 3.31. The number of carbonyl (C=O) groups excluding carboxylic acids is 2. The molecular weight excluding hydrogens is 382 g/mol. The van der Waals surface area contributed by atoms with Crippen molar-refractivity contribution in [2.45, 2.75) is 26.2 Å². The van der Waals surface area contributed by atoms with Gasteiger partial charge in [0.2, 0.25) is 0 Å². The van der Waals surface area contributed by atoms with Crippen LogP contribution >= 0.6 is 11.3 Å². The van der Waals surface area contributed by atoms with Crippen LogP contribution in [0.2, 0.25) is 0 Å². The van der Waals surface area contributed by atoms with Crippen molar-refractivity contribution in [1.82, 2.24) is 9.88 Å². The molecular formula is C23H23N3O2S. The van der Waals surface area contributed by atoms with E-state index in [1.54, 1.807) is 5.51 Å². The van der Waals surface area contributed by atoms with Crippen LogP contribution in [0.3, 0.4) is 0 Å². The molecule has 0 radical (unpaired) electrons. The number of carbonyl (C=O) groups is 2. The van der Waals surface area contributed by atoms with Crippen molar-refractivity contribution >= 4 is 39.1 Å². The molecule has 5 nitrogen and oxygen atoms in total. The Labute approximate surface area is 173 Å². The predicted octanol–water partition coefficient (Wildman–Crippen LogP) is 4.73. The summed E-state index contributed by atoms with van der Waals surface area (Å²) in [5.41, 5.74) is 5.43. The molecule has 2 heterocycles. The summed E-state index contributed by atoms with van der Waals surface area (Å²) < 4.78 is 0.874. The van der Waals surface area contributed by atoms with Crippen LogP contribution in [0.5, 0.6) is 0 Å². The first kappa shape index (κ1) is 18.3. The number of hydrogen-bond acceptors (Lipinski definition) is 4. The minimum atomic E-state index is -0.178. The summed E-state index contributed by atoms with van der Waals surface area (Å²) in [6.45, 7) is 3.68. The maximum Gasteiger partial charge on any atom is 0.257 e. The van der Waals surface area contributed by atoms with Gasteiger partial charge in [0.05, 0.1) is 21.3 Å². The zero-order valence-electron chi connectivity index (χ0n) is 16.4. The number of fused-ring (bicyclic) bond motifs is 2. The van der Waals surface area contributed by atoms with Gasteiger partial charge >= 0.3 is 0 Å². The fourth-order valence-electron chi connectivity index (χ4n) is 4.73. The molecule has 2 aliphatic rings. The Hall–Kier alpha value is -2.73. The molecule has 1 saturated carbocycles. The van der Waals surface area contributed by atoms with Crippen LogP contribution in [-0.4, -0.2) is 34.8 Å². The first-order valence-corrected chi connectivity index (χ1v) is 11.0. The number of aromatic nitrogens is 1. The van der Waals surface area contributed by atoms with E-state index >= 15 is 0 Å². The normalized spacial score (nSPS) is 20.8. The van der Waals surface area contributed by atoms with Crippen molar-refractivity contribution in [1.29, 1.82) is 0 Å². The Balaban J connectivity index is 1.37. The van der Waals surface area contributed by atoms with E-state index in [-0.39, 0.29) is 11.8 Å². The second-order valence-electron chi connectivity index (χ2n) is 8.15. The van der Waals surface area contributed by atoms with Crippen molar-refractivity contribution in [2.75, 3.05) is 18.4 Å². The van der Waals surface area contributed by atoms with E-state index in [1.165, 1.54) is 30.6 Å². The molecule has 148 valence electrons. The van der Waals surface area contributed by atoms with E-state index in [0.717, 1.165) is 28.9 Å². The second-order valence-corrected chi connectivity index (χ2v) is 9.01. The van der Waals surface area contributed by atoms with Gasteiger partial charge in [-0.05, 0) is 61.4 Å². The van der Waals surface area contributed by atoms with Crippen molar-refractivity contribution in [3.63, 3.8) is 0 Å². The van der Waals surface area contributed by atoms with Crippen LogP contribution in [0.25, 0.3) is 10.2 Å². The Morgan fingerprint density at radius 3 is 2.72 bits per heavy atom. The van der Waals surface area contributed by atoms with E-state index in [4.69, 9.17) is 0 Å². The average Bonchev–Trinajstić information content (AvgIpc) is 3.44. The van der Waals surface area contributed by atoms with Crippen LogP contribution in [0.4, 0.5) is 5.69 Å². The fraction of sp³-hybridized carbons (Fsp3) is 0.348. The van der Waals surface area contributed by atoms with Crippen LogP contribution < -0.4 is 5.32 Å². The van der Waals surface area contributed by atoms with E-state index in [9.17, 15) is 9.59 Å². The molecule has 1 aliphatic carbocycles. The van der Waals surface area contributed by atoms with Crippen molar-refractivity contribution in [3.05, 3.63) is 58.6 Å². The first-order chi connectivity index (χ1) is 14.1. The van der Waals surface area contributed by atoms with Gasteiger partial charge in [-0.2, -0.15) is 0 Å². The number of aryl methyl sites for hydroxylation is 1. The molecule has 2 fully saturated rings. The standard InChI is InChI=1S/C23H23N3O2S/c1-14-8-9-15(23(28)26-11-16-4-2-5-17(16)12-26)10-20(14)25-22(27)18-6-3-7-19-21(18)29-13-24-19/h3,6-10,13,16-17H,2,4-5,11-12H2,1H3,(H,25,27)/t16-,17+. The molecule has 1 aliphatic heterocycles. The lowest BCUT2D eigenvalue weighted by Gasteiger charge is -2.18. The van der Waals surface area contributed by atoms with E-state index < -0.39 is 0 Å². The van der Waals surface area contributed by atoms with Crippen molar-refractivity contribution < 1.29 is 9.59 Å². The number of thiazole rings is 1. The lowest BCUT2D eigenvalue weighted by molar-refractivity contribution is 0.0780. The van der Waals surface area contributed by atoms with Crippen LogP contribution in [0, 0.1) is 18.8 Å². The molecule has 1 saturated heterocycles. The quantitative estimate of drug-likeness (QED) is 0.685. The fourth-order valence-corrected chi connectivity index (χ4v) is 5.53. The van der Waals surface area contributed by atoms with E-state index in [1.807, 2.05) is 48.2 Å². The monoisotopic (exact) mass is 405 g/mol. The Morgan fingerprint density at radius 2 is 1.93 bits per heavy atom. The van der Waals surface area contributed by atoms with Gasteiger partial charge in [0.15, 0.2) is 0 Å². The second kappa shape index (κ2) is 7.26. The molecule has 1 aromatic heterocycles. The highest BCUT2D eigenvalue weighted by Gasteiger charge is 2.38. The van der Waals surface area contributed by atoms with Crippen LogP contribution in [-0.2, 0) is 0 Å². The molecule has 0 bridgehead atoms. The predicted molar refractivity (Wildman–Crippen MR) is 115 cm³/mol. The van der Waals surface area contributed by atoms with Crippen LogP contribution in [0.15, 0.2) is 41.9 Å². The van der Waals surface area contributed by atoms with Gasteiger partial charge in [0, 0.05) is 24.3 Å². The molecule has 29 heavy (non-hydrogen) atoms. The SMILES string of the molecule is Cc1ccc(C(=O)N2C[C@H]3CCC[C@H]3C2)cc1NC(=O)c1cccc2ncsc12. The molecule has 2 amide bonds. The van der Waals surface area contributed by atoms with Gasteiger partial charge in [-0.25, -0.2) is 4.98 Å². The average molecular weight is 406 g/mol. The molecule has 2 aromatic carbocycles. The van der Waals surface area contributed by atoms with Gasteiger partial charge in [0.25, 0.3) is 11.8 Å². The Kier molecular flexibility index (Phi) is 4.59. The zero-order chi connectivity index (χ0) is 20.0. The number of nitrogens with zero attached hydrogens (tertiary/aromatic N) is 2. The Bertz CT molecular complexity index is 1090. The summed E-state index contributed by atoms with van der Waals surface area (Å²) in [5, 5.41) is 3.00. The number of anilines is 1. The number of amides is 2. The molecule has 5 rings (SSSR count). The summed E-state index contributed by atoms with van der Waals surface area (Å²) in [5.74, 6) is 1.23. The smallest absolute Gasteiger partial charge is 0.257 e. The number of nitrogens with one attached hydrogen (secondary N) is 1. The summed E-state index contributed by atoms with van der Waals surface area (Å²) in [6, 6.07) is 11.1. The van der Waals surface area contributed by atoms with E-state index in [2.05, 4.69) is 10.3 Å². The van der Waals surface area contributed by atoms with Crippen LogP contribution in [0.1, 0.15) is 45.5 Å². The molecule has 1 N–H and O–H groups in total. The zero-order valence-corrected chi connectivity index (χ0v) is 17.2. The molecule has 3 aromatic rings. The largest absolute Gasteiger partial charge is 0.338 e. The van der Waals surface area contributed by atoms with Gasteiger partial charge in [-0.15, -0.1) is 11.3 Å². The molecule has 2 atom stereocenters. The first-order valence-electron chi connectivity index (χ1n) is 10.1. The van der Waals surface area contributed by atoms with Crippen molar-refractivity contribution in [3.8, 4) is 0 Å². The van der Waals surface area contributed by atoms with Crippen molar-refractivity contribution in [2.24, 2.45) is 11.8 Å². The topological polar surface area (TPSA) is 62.3 Å². The summed E-state index contributed by atoms with van der Waals surface area (Å²) in [7, 11) is 0. The minimum absolute atomic E-state index is 0.0689. The number of hydrogen-bond donors (Lipinski definition) is 1. The highest BCUT2D eigenvalue weighted by molar-refractivity contribution is 7.17. The third-order valence-electron chi connectivity index (χ3n) is 6.35. The summed E-state index contributed by atoms with van der Waals surface area (Å²) in [4.78, 5) is 32.2. The van der Waals surface area contributed by atoms with Gasteiger partial charge in [0.1, 0.15) is 0 Å². The number of rotatable bonds is 3. The van der Waals surface area contributed by atoms with Gasteiger partial charge in [-0.3, -0.25) is 9.59 Å². The van der Waals surface area contributed by atoms with E-state index in [0.29, 0.717) is 28.7 Å². The lowest BCUT2D eigenvalue weighted by atomic mass is 10.0. The van der Waals surface area contributed by atoms with Gasteiger partial charge < -0.3 is 10.2 Å². The summed E-state index contributed by atoms with van der Waals surface area (Å²) in [6.07, 6.45) is 3.78. The molecule has 0 spiro atoms. The summed E-state index contributed by atoms with van der Waals surface area (Å²) >= 11 is 1.46. The number of likely N-dealkylation sites (tertiary alicyclic amines) is 1. The Morgan fingerprint density at radius 1 is 1.14 bits per heavy atom. The lowest BCUT2D eigenvalue weighted by Crippen LogP contribution is -2.29. The minimum Gasteiger partial charge on any atom is -0.338 e. The maximum atomic E-state index is 13.0. The highest BCUT2D eigenvalue weighted by Crippen LogP contribution is 2.38. The molecule has 0 unspecified atom stereocenters.